The van der Waals surface area contributed by atoms with Crippen molar-refractivity contribution >= 4 is 39.0 Å². The van der Waals surface area contributed by atoms with Gasteiger partial charge >= 0.3 is 0 Å². The first-order chi connectivity index (χ1) is 15.5. The highest BCUT2D eigenvalue weighted by Gasteiger charge is 2.29. The van der Waals surface area contributed by atoms with Gasteiger partial charge in [0, 0.05) is 12.4 Å². The molecule has 3 heterocycles. The molecule has 176 valence electrons. The van der Waals surface area contributed by atoms with Gasteiger partial charge in [0.25, 0.3) is 5.91 Å². The number of hydrogen-bond donors (Lipinski definition) is 1. The summed E-state index contributed by atoms with van der Waals surface area (Å²) in [5.41, 5.74) is 0.833. The lowest BCUT2D eigenvalue weighted by Crippen LogP contribution is -2.39. The number of carbonyl (C=O) groups is 1. The molecular weight excluding hydrogens is 464 g/mol. The Morgan fingerprint density at radius 2 is 2.09 bits per heavy atom. The number of sulfonamides is 1. The van der Waals surface area contributed by atoms with Gasteiger partial charge in [0.2, 0.25) is 10.0 Å². The highest BCUT2D eigenvalue weighted by Crippen LogP contribution is 2.31. The zero-order chi connectivity index (χ0) is 24.2. The zero-order valence-electron chi connectivity index (χ0n) is 19.0. The Kier molecular flexibility index (Phi) is 7.44. The lowest BCUT2D eigenvalue weighted by molar-refractivity contribution is 0.0971. The second-order valence-corrected chi connectivity index (χ2v) is 10.7. The summed E-state index contributed by atoms with van der Waals surface area (Å²) < 4.78 is 33.5. The fourth-order valence-corrected chi connectivity index (χ4v) is 4.44. The minimum atomic E-state index is -3.82. The minimum absolute atomic E-state index is 0.00644. The third-order valence-corrected chi connectivity index (χ3v) is 6.31. The Bertz CT molecular complexity index is 1200. The van der Waals surface area contributed by atoms with Gasteiger partial charge in [-0.15, -0.1) is 0 Å². The van der Waals surface area contributed by atoms with Gasteiger partial charge in [-0.2, -0.15) is 0 Å². The van der Waals surface area contributed by atoms with E-state index in [9.17, 15) is 13.2 Å². The van der Waals surface area contributed by atoms with Gasteiger partial charge in [-0.05, 0) is 36.1 Å². The standard InChI is InChI=1S/C23H27ClN4O4S/c1-5-16(23(2,3)4)8-7-13-33(30,31)27-18-14-17(24)15-26-20(18)22(29)28-11-12-32-19-9-6-10-25-21(19)28/h5-10,14-15,27H,11-13H2,1-4H3/b8-7-,16-5+. The zero-order valence-corrected chi connectivity index (χ0v) is 20.6. The van der Waals surface area contributed by atoms with Crippen molar-refractivity contribution in [3.8, 4) is 5.75 Å². The average molecular weight is 491 g/mol. The summed E-state index contributed by atoms with van der Waals surface area (Å²) in [7, 11) is -3.82. The van der Waals surface area contributed by atoms with Crippen LogP contribution >= 0.6 is 11.6 Å². The van der Waals surface area contributed by atoms with Crippen molar-refractivity contribution in [3.05, 3.63) is 65.1 Å². The van der Waals surface area contributed by atoms with Crippen LogP contribution in [0.2, 0.25) is 5.02 Å². The number of nitrogens with one attached hydrogen (secondary N) is 1. The molecule has 0 saturated heterocycles. The Labute approximate surface area is 199 Å². The van der Waals surface area contributed by atoms with Gasteiger partial charge in [0.1, 0.15) is 6.61 Å². The summed E-state index contributed by atoms with van der Waals surface area (Å²) in [4.78, 5) is 23.1. The van der Waals surface area contributed by atoms with E-state index in [4.69, 9.17) is 16.3 Å². The maximum absolute atomic E-state index is 13.3. The largest absolute Gasteiger partial charge is 0.488 e. The summed E-state index contributed by atoms with van der Waals surface area (Å²) in [6, 6.07) is 4.79. The molecule has 0 saturated carbocycles. The van der Waals surface area contributed by atoms with Gasteiger partial charge in [0.05, 0.1) is 23.0 Å². The van der Waals surface area contributed by atoms with Crippen molar-refractivity contribution < 1.29 is 17.9 Å². The third-order valence-electron chi connectivity index (χ3n) is 4.94. The fourth-order valence-electron chi connectivity index (χ4n) is 3.35. The number of ether oxygens (including phenoxy) is 1. The second-order valence-electron chi connectivity index (χ2n) is 8.46. The number of halogens is 1. The molecule has 0 bridgehead atoms. The third kappa shape index (κ3) is 6.11. The van der Waals surface area contributed by atoms with Crippen molar-refractivity contribution in [3.63, 3.8) is 0 Å². The van der Waals surface area contributed by atoms with Crippen molar-refractivity contribution in [1.82, 2.24) is 9.97 Å². The molecule has 1 amide bonds. The molecule has 1 aliphatic heterocycles. The van der Waals surface area contributed by atoms with E-state index in [1.807, 2.05) is 33.8 Å². The molecule has 0 radical (unpaired) electrons. The van der Waals surface area contributed by atoms with Crippen LogP contribution < -0.4 is 14.4 Å². The van der Waals surface area contributed by atoms with E-state index >= 15 is 0 Å². The van der Waals surface area contributed by atoms with Crippen LogP contribution in [0.5, 0.6) is 5.75 Å². The van der Waals surface area contributed by atoms with Gasteiger partial charge < -0.3 is 4.74 Å². The summed E-state index contributed by atoms with van der Waals surface area (Å²) in [6.07, 6.45) is 8.16. The van der Waals surface area contributed by atoms with Crippen LogP contribution in [0, 0.1) is 5.41 Å². The normalized spacial score (nSPS) is 14.7. The molecular formula is C23H27ClN4O4S. The molecule has 0 aromatic carbocycles. The molecule has 0 spiro atoms. The predicted octanol–water partition coefficient (Wildman–Crippen LogP) is 4.46. The van der Waals surface area contributed by atoms with Crippen molar-refractivity contribution in [2.24, 2.45) is 5.41 Å². The number of anilines is 2. The summed E-state index contributed by atoms with van der Waals surface area (Å²) >= 11 is 6.06. The minimum Gasteiger partial charge on any atom is -0.488 e. The number of pyridine rings is 2. The topological polar surface area (TPSA) is 101 Å². The molecule has 1 N–H and O–H groups in total. The fraction of sp³-hybridized carbons (Fsp3) is 0.348. The highest BCUT2D eigenvalue weighted by molar-refractivity contribution is 7.92. The van der Waals surface area contributed by atoms with Crippen molar-refractivity contribution in [1.29, 1.82) is 0 Å². The van der Waals surface area contributed by atoms with Crippen LogP contribution in [0.3, 0.4) is 0 Å². The number of rotatable bonds is 6. The van der Waals surface area contributed by atoms with Gasteiger partial charge in [-0.3, -0.25) is 14.4 Å². The van der Waals surface area contributed by atoms with Crippen LogP contribution in [-0.4, -0.2) is 43.2 Å². The van der Waals surface area contributed by atoms with Crippen LogP contribution in [0.4, 0.5) is 11.5 Å². The van der Waals surface area contributed by atoms with E-state index < -0.39 is 15.9 Å². The summed E-state index contributed by atoms with van der Waals surface area (Å²) in [5.74, 6) is 0.0371. The summed E-state index contributed by atoms with van der Waals surface area (Å²) in [6.45, 7) is 8.59. The van der Waals surface area contributed by atoms with Crippen LogP contribution in [0.15, 0.2) is 54.4 Å². The first kappa shape index (κ1) is 24.7. The number of fused-ring (bicyclic) bond motifs is 1. The molecule has 2 aromatic heterocycles. The molecule has 0 aliphatic carbocycles. The number of hydrogen-bond acceptors (Lipinski definition) is 6. The number of allylic oxidation sites excluding steroid dienone is 3. The number of carbonyl (C=O) groups excluding carboxylic acids is 1. The quantitative estimate of drug-likeness (QED) is 0.600. The molecule has 2 aromatic rings. The van der Waals surface area contributed by atoms with Gasteiger partial charge in [0.15, 0.2) is 17.3 Å². The first-order valence-electron chi connectivity index (χ1n) is 10.4. The molecule has 0 fully saturated rings. The molecule has 0 unspecified atom stereocenters. The molecule has 1 aliphatic rings. The van der Waals surface area contributed by atoms with Crippen LogP contribution in [0.1, 0.15) is 38.2 Å². The highest BCUT2D eigenvalue weighted by atomic mass is 35.5. The van der Waals surface area contributed by atoms with Gasteiger partial charge in [-0.25, -0.2) is 18.4 Å². The van der Waals surface area contributed by atoms with Crippen LogP contribution in [0.25, 0.3) is 0 Å². The van der Waals surface area contributed by atoms with E-state index in [0.717, 1.165) is 5.57 Å². The number of amides is 1. The van der Waals surface area contributed by atoms with Crippen molar-refractivity contribution in [2.75, 3.05) is 28.5 Å². The number of nitrogens with zero attached hydrogens (tertiary/aromatic N) is 3. The SMILES string of the molecule is C/C=C(\C=C/CS(=O)(=O)Nc1cc(Cl)cnc1C(=O)N1CCOc2cccnc21)C(C)(C)C. The lowest BCUT2D eigenvalue weighted by atomic mass is 9.86. The van der Waals surface area contributed by atoms with E-state index in [1.54, 1.807) is 30.5 Å². The lowest BCUT2D eigenvalue weighted by Gasteiger charge is -2.28. The smallest absolute Gasteiger partial charge is 0.280 e. The molecule has 10 heteroatoms. The maximum Gasteiger partial charge on any atom is 0.280 e. The second kappa shape index (κ2) is 9.93. The van der Waals surface area contributed by atoms with E-state index in [0.29, 0.717) is 11.6 Å². The van der Waals surface area contributed by atoms with Crippen molar-refractivity contribution in [2.45, 2.75) is 27.7 Å². The summed E-state index contributed by atoms with van der Waals surface area (Å²) in [5, 5.41) is 0.198. The average Bonchev–Trinajstić information content (AvgIpc) is 2.75. The maximum atomic E-state index is 13.3. The van der Waals surface area contributed by atoms with E-state index in [1.165, 1.54) is 17.2 Å². The Hall–Kier alpha value is -2.91. The Morgan fingerprint density at radius 3 is 2.79 bits per heavy atom. The van der Waals surface area contributed by atoms with Crippen LogP contribution in [-0.2, 0) is 10.0 Å². The number of aromatic nitrogens is 2. The van der Waals surface area contributed by atoms with E-state index in [2.05, 4.69) is 14.7 Å². The predicted molar refractivity (Wildman–Crippen MR) is 130 cm³/mol. The molecule has 33 heavy (non-hydrogen) atoms. The monoisotopic (exact) mass is 490 g/mol. The molecule has 3 rings (SSSR count). The molecule has 8 nitrogen and oxygen atoms in total. The van der Waals surface area contributed by atoms with E-state index in [-0.39, 0.29) is 40.7 Å². The Morgan fingerprint density at radius 1 is 1.33 bits per heavy atom. The Balaban J connectivity index is 1.85. The molecule has 0 atom stereocenters. The van der Waals surface area contributed by atoms with Gasteiger partial charge in [-0.1, -0.05) is 50.6 Å². The first-order valence-corrected chi connectivity index (χ1v) is 12.4.